The molecule has 4 rings (SSSR count). The van der Waals surface area contributed by atoms with Crippen LogP contribution in [0.15, 0.2) is 40.5 Å². The van der Waals surface area contributed by atoms with Crippen molar-refractivity contribution in [1.82, 2.24) is 9.88 Å². The fourth-order valence-corrected chi connectivity index (χ4v) is 3.83. The first-order valence-corrected chi connectivity index (χ1v) is 9.20. The highest BCUT2D eigenvalue weighted by Gasteiger charge is 2.42. The number of allylic oxidation sites excluding steroid dienone is 3. The number of hydrogen-bond acceptors (Lipinski definition) is 4. The minimum atomic E-state index is -0.495. The monoisotopic (exact) mass is 363 g/mol. The molecule has 140 valence electrons. The lowest BCUT2D eigenvalue weighted by molar-refractivity contribution is -0.121. The third kappa shape index (κ3) is 2.60. The summed E-state index contributed by atoms with van der Waals surface area (Å²) in [7, 11) is 3.89. The third-order valence-corrected chi connectivity index (χ3v) is 5.73. The summed E-state index contributed by atoms with van der Waals surface area (Å²) in [6.07, 6.45) is 4.22. The third-order valence-electron chi connectivity index (χ3n) is 5.73. The number of anilines is 1. The molecule has 1 aromatic heterocycles. The Morgan fingerprint density at radius 1 is 1.19 bits per heavy atom. The molecule has 1 aromatic carbocycles. The molecule has 0 fully saturated rings. The zero-order chi connectivity index (χ0) is 19.5. The van der Waals surface area contributed by atoms with Gasteiger partial charge in [0.2, 0.25) is 11.8 Å². The lowest BCUT2D eigenvalue weighted by Gasteiger charge is -2.22. The van der Waals surface area contributed by atoms with Gasteiger partial charge in [-0.2, -0.15) is 0 Å². The maximum atomic E-state index is 12.5. The first-order valence-electron chi connectivity index (χ1n) is 9.20. The Morgan fingerprint density at radius 3 is 2.63 bits per heavy atom. The van der Waals surface area contributed by atoms with Crippen LogP contribution in [0.2, 0.25) is 0 Å². The molecule has 2 aliphatic rings. The standard InChI is InChI=1S/C22H25N3O2/c1-13-11-16(9-10-24(13)5)20-23-14(2)19(27-20)15-7-8-17-18(12-15)25(6)21(26)22(17,3)4/h7-9,11-12H,10H2,1-6H3. The van der Waals surface area contributed by atoms with Crippen molar-refractivity contribution in [2.24, 2.45) is 0 Å². The van der Waals surface area contributed by atoms with Crippen molar-refractivity contribution in [1.29, 1.82) is 0 Å². The van der Waals surface area contributed by atoms with Gasteiger partial charge >= 0.3 is 0 Å². The number of nitrogens with zero attached hydrogens (tertiary/aromatic N) is 3. The van der Waals surface area contributed by atoms with E-state index in [9.17, 15) is 4.79 Å². The van der Waals surface area contributed by atoms with Gasteiger partial charge in [-0.1, -0.05) is 18.2 Å². The number of rotatable bonds is 2. The Balaban J connectivity index is 1.75. The van der Waals surface area contributed by atoms with Gasteiger partial charge < -0.3 is 14.2 Å². The molecule has 3 heterocycles. The molecule has 0 aliphatic carbocycles. The van der Waals surface area contributed by atoms with Gasteiger partial charge in [-0.3, -0.25) is 4.79 Å². The minimum Gasteiger partial charge on any atom is -0.436 e. The number of likely N-dealkylation sites (N-methyl/N-ethyl adjacent to an activating group) is 2. The normalized spacial score (nSPS) is 18.5. The molecule has 0 N–H and O–H groups in total. The minimum absolute atomic E-state index is 0.113. The van der Waals surface area contributed by atoms with Crippen molar-refractivity contribution < 1.29 is 9.21 Å². The van der Waals surface area contributed by atoms with Gasteiger partial charge in [0.25, 0.3) is 0 Å². The van der Waals surface area contributed by atoms with Gasteiger partial charge in [0.05, 0.1) is 11.1 Å². The molecule has 5 nitrogen and oxygen atoms in total. The largest absolute Gasteiger partial charge is 0.436 e. The van der Waals surface area contributed by atoms with Gasteiger partial charge in [-0.05, 0) is 45.4 Å². The molecule has 2 aromatic rings. The average Bonchev–Trinajstić information content (AvgIpc) is 3.10. The molecule has 27 heavy (non-hydrogen) atoms. The highest BCUT2D eigenvalue weighted by atomic mass is 16.4. The van der Waals surface area contributed by atoms with E-state index >= 15 is 0 Å². The maximum absolute atomic E-state index is 12.5. The molecule has 2 aliphatic heterocycles. The van der Waals surface area contributed by atoms with E-state index in [-0.39, 0.29) is 5.91 Å². The van der Waals surface area contributed by atoms with Crippen molar-refractivity contribution >= 4 is 17.2 Å². The Kier molecular flexibility index (Phi) is 3.81. The summed E-state index contributed by atoms with van der Waals surface area (Å²) >= 11 is 0. The molecular weight excluding hydrogens is 338 g/mol. The predicted octanol–water partition coefficient (Wildman–Crippen LogP) is 4.14. The second kappa shape index (κ2) is 5.84. The van der Waals surface area contributed by atoms with Crippen molar-refractivity contribution in [2.75, 3.05) is 25.5 Å². The van der Waals surface area contributed by atoms with Crippen LogP contribution in [-0.2, 0) is 10.2 Å². The molecule has 0 bridgehead atoms. The number of aromatic nitrogens is 1. The number of aryl methyl sites for hydroxylation is 1. The van der Waals surface area contributed by atoms with Crippen LogP contribution < -0.4 is 4.90 Å². The number of benzene rings is 1. The van der Waals surface area contributed by atoms with E-state index in [1.165, 1.54) is 5.70 Å². The summed E-state index contributed by atoms with van der Waals surface area (Å²) in [5.74, 6) is 1.51. The summed E-state index contributed by atoms with van der Waals surface area (Å²) in [6.45, 7) is 8.82. The molecular formula is C22H25N3O2. The number of amides is 1. The summed E-state index contributed by atoms with van der Waals surface area (Å²) in [5.41, 5.74) is 5.48. The Bertz CT molecular complexity index is 1010. The van der Waals surface area contributed by atoms with Gasteiger partial charge in [0.1, 0.15) is 0 Å². The lowest BCUT2D eigenvalue weighted by atomic mass is 9.86. The van der Waals surface area contributed by atoms with Crippen LogP contribution >= 0.6 is 0 Å². The topological polar surface area (TPSA) is 49.6 Å². The van der Waals surface area contributed by atoms with E-state index in [1.54, 1.807) is 4.90 Å². The maximum Gasteiger partial charge on any atom is 0.236 e. The molecule has 0 unspecified atom stereocenters. The van der Waals surface area contributed by atoms with Crippen LogP contribution in [-0.4, -0.2) is 36.4 Å². The first kappa shape index (κ1) is 17.6. The van der Waals surface area contributed by atoms with Gasteiger partial charge in [-0.25, -0.2) is 4.98 Å². The molecule has 0 radical (unpaired) electrons. The van der Waals surface area contributed by atoms with Crippen LogP contribution in [0.1, 0.15) is 37.9 Å². The second-order valence-electron chi connectivity index (χ2n) is 7.98. The van der Waals surface area contributed by atoms with Crippen molar-refractivity contribution in [3.63, 3.8) is 0 Å². The van der Waals surface area contributed by atoms with E-state index in [2.05, 4.69) is 36.0 Å². The SMILES string of the molecule is CC1=CC(c2nc(C)c(-c3ccc4c(c3)N(C)C(=O)C4(C)C)o2)=CCN1C. The molecule has 0 saturated heterocycles. The number of hydrogen-bond donors (Lipinski definition) is 0. The van der Waals surface area contributed by atoms with Gasteiger partial charge in [0.15, 0.2) is 5.76 Å². The molecule has 1 amide bonds. The molecule has 0 saturated carbocycles. The average molecular weight is 363 g/mol. The van der Waals surface area contributed by atoms with E-state index in [0.717, 1.165) is 40.4 Å². The van der Waals surface area contributed by atoms with E-state index in [4.69, 9.17) is 4.42 Å². The van der Waals surface area contributed by atoms with Crippen LogP contribution in [0.3, 0.4) is 0 Å². The Hall–Kier alpha value is -2.82. The molecule has 5 heteroatoms. The fraction of sp³-hybridized carbons (Fsp3) is 0.364. The fourth-order valence-electron chi connectivity index (χ4n) is 3.83. The second-order valence-corrected chi connectivity index (χ2v) is 7.98. The lowest BCUT2D eigenvalue weighted by Crippen LogP contribution is -2.33. The van der Waals surface area contributed by atoms with Crippen LogP contribution in [0.25, 0.3) is 16.9 Å². The number of carbonyl (C=O) groups excluding carboxylic acids is 1. The quantitative estimate of drug-likeness (QED) is 0.805. The van der Waals surface area contributed by atoms with Crippen molar-refractivity contribution in [3.05, 3.63) is 53.2 Å². The van der Waals surface area contributed by atoms with Crippen LogP contribution in [0.4, 0.5) is 5.69 Å². The summed E-state index contributed by atoms with van der Waals surface area (Å²) < 4.78 is 6.15. The number of fused-ring (bicyclic) bond motifs is 1. The summed E-state index contributed by atoms with van der Waals surface area (Å²) in [4.78, 5) is 21.1. The number of oxazole rings is 1. The van der Waals surface area contributed by atoms with E-state index in [0.29, 0.717) is 5.89 Å². The van der Waals surface area contributed by atoms with Gasteiger partial charge in [0, 0.05) is 43.2 Å². The Labute approximate surface area is 160 Å². The molecule has 0 spiro atoms. The van der Waals surface area contributed by atoms with E-state index in [1.807, 2.05) is 46.0 Å². The highest BCUT2D eigenvalue weighted by molar-refractivity contribution is 6.07. The Morgan fingerprint density at radius 2 is 1.93 bits per heavy atom. The van der Waals surface area contributed by atoms with Crippen LogP contribution in [0.5, 0.6) is 0 Å². The highest BCUT2D eigenvalue weighted by Crippen LogP contribution is 2.43. The summed E-state index contributed by atoms with van der Waals surface area (Å²) in [6, 6.07) is 6.09. The van der Waals surface area contributed by atoms with Crippen molar-refractivity contribution in [3.8, 4) is 11.3 Å². The zero-order valence-corrected chi connectivity index (χ0v) is 16.8. The zero-order valence-electron chi connectivity index (χ0n) is 16.8. The summed E-state index contributed by atoms with van der Waals surface area (Å²) in [5, 5.41) is 0. The van der Waals surface area contributed by atoms with Gasteiger partial charge in [-0.15, -0.1) is 0 Å². The van der Waals surface area contributed by atoms with E-state index < -0.39 is 5.41 Å². The van der Waals surface area contributed by atoms with Crippen molar-refractivity contribution in [2.45, 2.75) is 33.1 Å². The smallest absolute Gasteiger partial charge is 0.236 e. The van der Waals surface area contributed by atoms with Crippen LogP contribution in [0, 0.1) is 6.92 Å². The molecule has 0 atom stereocenters. The number of carbonyl (C=O) groups is 1. The predicted molar refractivity (Wildman–Crippen MR) is 107 cm³/mol. The first-order chi connectivity index (χ1) is 12.7.